The smallest absolute Gasteiger partial charge is 0.236 e. The number of amides is 1. The predicted octanol–water partition coefficient (Wildman–Crippen LogP) is 2.74. The Kier molecular flexibility index (Phi) is 6.58. The van der Waals surface area contributed by atoms with Crippen molar-refractivity contribution < 1.29 is 9.53 Å². The number of rotatable bonds is 6. The molecule has 0 unspecified atom stereocenters. The van der Waals surface area contributed by atoms with Crippen LogP contribution in [0.1, 0.15) is 19.8 Å². The van der Waals surface area contributed by atoms with Crippen molar-refractivity contribution in [1.82, 2.24) is 9.80 Å². The summed E-state index contributed by atoms with van der Waals surface area (Å²) in [6.45, 7) is 6.98. The maximum absolute atomic E-state index is 12.5. The van der Waals surface area contributed by atoms with E-state index in [9.17, 15) is 4.79 Å². The largest absolute Gasteiger partial charge is 0.375 e. The van der Waals surface area contributed by atoms with E-state index in [0.717, 1.165) is 38.4 Å². The van der Waals surface area contributed by atoms with Crippen molar-refractivity contribution in [1.29, 1.82) is 0 Å². The molecule has 0 aromatic heterocycles. The second kappa shape index (κ2) is 8.88. The van der Waals surface area contributed by atoms with Gasteiger partial charge in [-0.3, -0.25) is 9.69 Å². The first kappa shape index (κ1) is 17.8. The second-order valence-electron chi connectivity index (χ2n) is 6.75. The van der Waals surface area contributed by atoms with Crippen molar-refractivity contribution in [2.45, 2.75) is 30.8 Å². The van der Waals surface area contributed by atoms with Crippen LogP contribution in [0.5, 0.6) is 0 Å². The second-order valence-corrected chi connectivity index (χ2v) is 7.85. The highest BCUT2D eigenvalue weighted by molar-refractivity contribution is 7.99. The summed E-state index contributed by atoms with van der Waals surface area (Å²) in [6, 6.07) is 10.6. The summed E-state index contributed by atoms with van der Waals surface area (Å²) in [6.07, 6.45) is 2.40. The number of likely N-dealkylation sites (tertiary alicyclic amines) is 1. The molecule has 0 aliphatic carbocycles. The Morgan fingerprint density at radius 3 is 2.88 bits per heavy atom. The van der Waals surface area contributed by atoms with Crippen molar-refractivity contribution >= 4 is 17.7 Å². The van der Waals surface area contributed by atoms with Crippen molar-refractivity contribution in [3.63, 3.8) is 0 Å². The fourth-order valence-electron chi connectivity index (χ4n) is 3.41. The number of nitrogens with zero attached hydrogens (tertiary/aromatic N) is 2. The molecule has 4 nitrogen and oxygen atoms in total. The van der Waals surface area contributed by atoms with E-state index in [4.69, 9.17) is 4.74 Å². The first-order valence-electron chi connectivity index (χ1n) is 9.04. The van der Waals surface area contributed by atoms with Crippen LogP contribution in [0, 0.1) is 5.92 Å². The molecule has 2 aliphatic heterocycles. The van der Waals surface area contributed by atoms with Crippen LogP contribution in [0.15, 0.2) is 35.2 Å². The van der Waals surface area contributed by atoms with Gasteiger partial charge in [-0.15, -0.1) is 11.8 Å². The van der Waals surface area contributed by atoms with Gasteiger partial charge in [-0.05, 0) is 37.4 Å². The normalized spacial score (nSPS) is 25.1. The van der Waals surface area contributed by atoms with Crippen LogP contribution in [0.25, 0.3) is 0 Å². The topological polar surface area (TPSA) is 32.8 Å². The lowest BCUT2D eigenvalue weighted by atomic mass is 10.2. The highest BCUT2D eigenvalue weighted by Gasteiger charge is 2.28. The molecule has 0 saturated carbocycles. The molecule has 132 valence electrons. The molecule has 2 aliphatic rings. The molecule has 2 fully saturated rings. The highest BCUT2D eigenvalue weighted by atomic mass is 32.2. The molecule has 0 radical (unpaired) electrons. The summed E-state index contributed by atoms with van der Waals surface area (Å²) >= 11 is 1.93. The van der Waals surface area contributed by atoms with Crippen LogP contribution in [-0.2, 0) is 9.53 Å². The highest BCUT2D eigenvalue weighted by Crippen LogP contribution is 2.25. The Morgan fingerprint density at radius 2 is 2.08 bits per heavy atom. The number of hydrogen-bond donors (Lipinski definition) is 0. The third-order valence-corrected chi connectivity index (χ3v) is 6.15. The average Bonchev–Trinajstić information content (AvgIpc) is 3.08. The lowest BCUT2D eigenvalue weighted by Crippen LogP contribution is -2.48. The molecule has 0 N–H and O–H groups in total. The lowest BCUT2D eigenvalue weighted by molar-refractivity contribution is -0.139. The van der Waals surface area contributed by atoms with Crippen LogP contribution in [0.2, 0.25) is 0 Å². The van der Waals surface area contributed by atoms with Gasteiger partial charge in [0.15, 0.2) is 0 Å². The third-order valence-electron chi connectivity index (χ3n) is 4.90. The van der Waals surface area contributed by atoms with E-state index in [1.807, 2.05) is 16.7 Å². The Balaban J connectivity index is 1.40. The minimum atomic E-state index is 0.219. The number of benzene rings is 1. The van der Waals surface area contributed by atoms with Crippen LogP contribution in [0.4, 0.5) is 0 Å². The molecular weight excluding hydrogens is 320 g/mol. The quantitative estimate of drug-likeness (QED) is 0.740. The number of hydrogen-bond acceptors (Lipinski definition) is 4. The zero-order chi connectivity index (χ0) is 16.8. The van der Waals surface area contributed by atoms with Crippen molar-refractivity contribution in [2.75, 3.05) is 45.1 Å². The molecule has 2 saturated heterocycles. The molecule has 2 heterocycles. The maximum Gasteiger partial charge on any atom is 0.236 e. The standard InChI is InChI=1S/C19H28N2O2S/c1-2-17-13-21(10-11-23-17)19(22)14-20-9-8-16(12-20)15-24-18-6-4-3-5-7-18/h3-7,16-17H,2,8-15H2,1H3/t16-,17-/m1/s1. The SMILES string of the molecule is CC[C@@H]1CN(C(=O)CN2CC[C@@H](CSc3ccccc3)C2)CCO1. The molecule has 3 rings (SSSR count). The molecule has 0 bridgehead atoms. The van der Waals surface area contributed by atoms with Crippen molar-refractivity contribution in [3.8, 4) is 0 Å². The van der Waals surface area contributed by atoms with Crippen LogP contribution in [0.3, 0.4) is 0 Å². The third kappa shape index (κ3) is 4.98. The number of morpholine rings is 1. The van der Waals surface area contributed by atoms with Gasteiger partial charge in [0.05, 0.1) is 19.3 Å². The fourth-order valence-corrected chi connectivity index (χ4v) is 4.46. The van der Waals surface area contributed by atoms with E-state index in [-0.39, 0.29) is 12.0 Å². The lowest BCUT2D eigenvalue weighted by Gasteiger charge is -2.33. The predicted molar refractivity (Wildman–Crippen MR) is 98.3 cm³/mol. The van der Waals surface area contributed by atoms with Gasteiger partial charge in [-0.2, -0.15) is 0 Å². The van der Waals surface area contributed by atoms with Gasteiger partial charge < -0.3 is 9.64 Å². The summed E-state index contributed by atoms with van der Waals surface area (Å²) in [7, 11) is 0. The van der Waals surface area contributed by atoms with Crippen molar-refractivity contribution in [2.24, 2.45) is 5.92 Å². The van der Waals surface area contributed by atoms with E-state index in [1.165, 1.54) is 11.3 Å². The summed E-state index contributed by atoms with van der Waals surface area (Å²) in [5.41, 5.74) is 0. The van der Waals surface area contributed by atoms with Crippen LogP contribution in [-0.4, -0.2) is 66.9 Å². The zero-order valence-corrected chi connectivity index (χ0v) is 15.3. The molecule has 1 aromatic carbocycles. The maximum atomic E-state index is 12.5. The number of ether oxygens (including phenoxy) is 1. The summed E-state index contributed by atoms with van der Waals surface area (Å²) in [4.78, 5) is 18.2. The van der Waals surface area contributed by atoms with E-state index >= 15 is 0 Å². The minimum Gasteiger partial charge on any atom is -0.375 e. The average molecular weight is 349 g/mol. The van der Waals surface area contributed by atoms with Crippen LogP contribution < -0.4 is 0 Å². The van der Waals surface area contributed by atoms with E-state index < -0.39 is 0 Å². The monoisotopic (exact) mass is 348 g/mol. The van der Waals surface area contributed by atoms with Crippen LogP contribution >= 0.6 is 11.8 Å². The first-order valence-corrected chi connectivity index (χ1v) is 10.0. The van der Waals surface area contributed by atoms with E-state index in [2.05, 4.69) is 42.2 Å². The zero-order valence-electron chi connectivity index (χ0n) is 14.5. The van der Waals surface area contributed by atoms with Gasteiger partial charge >= 0.3 is 0 Å². The number of carbonyl (C=O) groups is 1. The molecule has 2 atom stereocenters. The first-order chi connectivity index (χ1) is 11.7. The molecule has 1 aromatic rings. The summed E-state index contributed by atoms with van der Waals surface area (Å²) < 4.78 is 5.66. The molecule has 0 spiro atoms. The van der Waals surface area contributed by atoms with E-state index in [1.54, 1.807) is 0 Å². The van der Waals surface area contributed by atoms with Gasteiger partial charge in [0.25, 0.3) is 0 Å². The summed E-state index contributed by atoms with van der Waals surface area (Å²) in [5.74, 6) is 2.11. The Morgan fingerprint density at radius 1 is 1.25 bits per heavy atom. The Bertz CT molecular complexity index is 525. The van der Waals surface area contributed by atoms with Crippen molar-refractivity contribution in [3.05, 3.63) is 30.3 Å². The Labute approximate surface area is 149 Å². The van der Waals surface area contributed by atoms with Gasteiger partial charge in [-0.25, -0.2) is 0 Å². The fraction of sp³-hybridized carbons (Fsp3) is 0.632. The number of thioether (sulfide) groups is 1. The molecule has 1 amide bonds. The number of carbonyl (C=O) groups excluding carboxylic acids is 1. The molecular formula is C19H28N2O2S. The Hall–Kier alpha value is -1.04. The van der Waals surface area contributed by atoms with Gasteiger partial charge in [0.2, 0.25) is 5.91 Å². The van der Waals surface area contributed by atoms with Gasteiger partial charge in [0, 0.05) is 30.3 Å². The molecule has 24 heavy (non-hydrogen) atoms. The summed E-state index contributed by atoms with van der Waals surface area (Å²) in [5, 5.41) is 0. The molecule has 5 heteroatoms. The minimum absolute atomic E-state index is 0.219. The van der Waals surface area contributed by atoms with Gasteiger partial charge in [-0.1, -0.05) is 25.1 Å². The van der Waals surface area contributed by atoms with Gasteiger partial charge in [0.1, 0.15) is 0 Å². The van der Waals surface area contributed by atoms with E-state index in [0.29, 0.717) is 19.1 Å².